The van der Waals surface area contributed by atoms with E-state index in [0.717, 1.165) is 21.5 Å². The molecule has 9 nitrogen and oxygen atoms in total. The third-order valence-corrected chi connectivity index (χ3v) is 4.83. The van der Waals surface area contributed by atoms with Crippen LogP contribution in [0.1, 0.15) is 11.1 Å². The summed E-state index contributed by atoms with van der Waals surface area (Å²) >= 11 is 0. The quantitative estimate of drug-likeness (QED) is 0.471. The molecule has 4 aromatic rings. The van der Waals surface area contributed by atoms with E-state index in [-0.39, 0.29) is 5.39 Å². The maximum absolute atomic E-state index is 12.8. The van der Waals surface area contributed by atoms with Gasteiger partial charge in [0.2, 0.25) is 0 Å². The molecular formula is C23H21N5O4. The number of fused-ring (bicyclic) bond motifs is 1. The Morgan fingerprint density at radius 2 is 1.81 bits per heavy atom. The second kappa shape index (κ2) is 8.76. The number of rotatable bonds is 6. The Morgan fingerprint density at radius 3 is 2.53 bits per heavy atom. The fourth-order valence-corrected chi connectivity index (χ4v) is 3.15. The highest BCUT2D eigenvalue weighted by atomic mass is 16.5. The monoisotopic (exact) mass is 431 g/mol. The van der Waals surface area contributed by atoms with E-state index >= 15 is 0 Å². The van der Waals surface area contributed by atoms with Crippen LogP contribution in [-0.4, -0.2) is 39.6 Å². The molecule has 4 rings (SSSR count). The van der Waals surface area contributed by atoms with Gasteiger partial charge in [-0.1, -0.05) is 23.8 Å². The van der Waals surface area contributed by atoms with Gasteiger partial charge in [-0.3, -0.25) is 15.0 Å². The summed E-state index contributed by atoms with van der Waals surface area (Å²) in [5, 5.41) is 4.56. The molecule has 0 aliphatic heterocycles. The van der Waals surface area contributed by atoms with Gasteiger partial charge >= 0.3 is 0 Å². The van der Waals surface area contributed by atoms with Gasteiger partial charge in [0.05, 0.1) is 26.1 Å². The van der Waals surface area contributed by atoms with Crippen LogP contribution in [0.4, 0.5) is 0 Å². The van der Waals surface area contributed by atoms with Crippen LogP contribution in [0.25, 0.3) is 22.8 Å². The van der Waals surface area contributed by atoms with Crippen LogP contribution in [0.3, 0.4) is 0 Å². The highest BCUT2D eigenvalue weighted by molar-refractivity contribution is 5.97. The predicted octanol–water partition coefficient (Wildman–Crippen LogP) is 2.69. The highest BCUT2D eigenvalue weighted by Gasteiger charge is 2.12. The van der Waals surface area contributed by atoms with Crippen LogP contribution in [0.5, 0.6) is 11.5 Å². The summed E-state index contributed by atoms with van der Waals surface area (Å²) in [5.41, 5.74) is 5.12. The molecule has 0 unspecified atom stereocenters. The van der Waals surface area contributed by atoms with E-state index in [1.54, 1.807) is 36.1 Å². The van der Waals surface area contributed by atoms with Gasteiger partial charge in [-0.25, -0.2) is 14.3 Å². The zero-order valence-corrected chi connectivity index (χ0v) is 17.8. The molecule has 32 heavy (non-hydrogen) atoms. The van der Waals surface area contributed by atoms with Gasteiger partial charge in [0.15, 0.2) is 17.1 Å². The molecule has 0 aliphatic carbocycles. The van der Waals surface area contributed by atoms with E-state index < -0.39 is 11.5 Å². The van der Waals surface area contributed by atoms with Gasteiger partial charge in [-0.05, 0) is 42.8 Å². The lowest BCUT2D eigenvalue weighted by Gasteiger charge is -2.08. The third-order valence-electron chi connectivity index (χ3n) is 4.83. The van der Waals surface area contributed by atoms with E-state index in [0.29, 0.717) is 17.1 Å². The Labute approximate surface area is 183 Å². The summed E-state index contributed by atoms with van der Waals surface area (Å²) in [6, 6.07) is 13.0. The molecule has 2 aromatic heterocycles. The first-order valence-corrected chi connectivity index (χ1v) is 9.73. The lowest BCUT2D eigenvalue weighted by atomic mass is 10.2. The number of amides is 1. The van der Waals surface area contributed by atoms with E-state index in [4.69, 9.17) is 9.47 Å². The van der Waals surface area contributed by atoms with Crippen molar-refractivity contribution >= 4 is 23.0 Å². The zero-order valence-electron chi connectivity index (χ0n) is 17.8. The number of benzene rings is 2. The number of hydrogen-bond acceptors (Lipinski definition) is 6. The van der Waals surface area contributed by atoms with Crippen molar-refractivity contribution in [1.29, 1.82) is 0 Å². The number of nitrogens with zero attached hydrogens (tertiary/aromatic N) is 4. The molecule has 0 aliphatic rings. The SMILES string of the molecule is COc1ccc(/C=C/C(=O)Nn2cnc3c(cnn3-c3ccc(C)cc3)c2=O)cc1OC. The Hall–Kier alpha value is -4.40. The minimum Gasteiger partial charge on any atom is -0.493 e. The van der Waals surface area contributed by atoms with Crippen LogP contribution in [0, 0.1) is 6.92 Å². The second-order valence-electron chi connectivity index (χ2n) is 6.97. The summed E-state index contributed by atoms with van der Waals surface area (Å²) in [5.74, 6) is 0.645. The first-order chi connectivity index (χ1) is 15.5. The molecule has 0 saturated heterocycles. The molecule has 0 radical (unpaired) electrons. The highest BCUT2D eigenvalue weighted by Crippen LogP contribution is 2.27. The van der Waals surface area contributed by atoms with Crippen LogP contribution < -0.4 is 20.5 Å². The molecule has 0 atom stereocenters. The maximum Gasteiger partial charge on any atom is 0.283 e. The normalized spacial score (nSPS) is 11.1. The van der Waals surface area contributed by atoms with Crippen molar-refractivity contribution in [3.8, 4) is 17.2 Å². The summed E-state index contributed by atoms with van der Waals surface area (Å²) < 4.78 is 13.1. The Bertz CT molecular complexity index is 1370. The van der Waals surface area contributed by atoms with Crippen molar-refractivity contribution in [1.82, 2.24) is 19.4 Å². The van der Waals surface area contributed by atoms with Crippen LogP contribution in [-0.2, 0) is 4.79 Å². The topological polar surface area (TPSA) is 100 Å². The molecule has 1 N–H and O–H groups in total. The summed E-state index contributed by atoms with van der Waals surface area (Å²) in [6.07, 6.45) is 5.61. The average molecular weight is 431 g/mol. The zero-order chi connectivity index (χ0) is 22.7. The summed E-state index contributed by atoms with van der Waals surface area (Å²) in [7, 11) is 3.09. The fourth-order valence-electron chi connectivity index (χ4n) is 3.15. The predicted molar refractivity (Wildman–Crippen MR) is 121 cm³/mol. The third kappa shape index (κ3) is 4.08. The van der Waals surface area contributed by atoms with Gasteiger partial charge < -0.3 is 9.47 Å². The second-order valence-corrected chi connectivity index (χ2v) is 6.97. The Morgan fingerprint density at radius 1 is 1.06 bits per heavy atom. The van der Waals surface area contributed by atoms with Crippen molar-refractivity contribution < 1.29 is 14.3 Å². The van der Waals surface area contributed by atoms with Crippen molar-refractivity contribution in [3.05, 3.63) is 82.5 Å². The molecule has 2 heterocycles. The molecular weight excluding hydrogens is 410 g/mol. The van der Waals surface area contributed by atoms with E-state index in [2.05, 4.69) is 15.5 Å². The van der Waals surface area contributed by atoms with Crippen molar-refractivity contribution in [2.24, 2.45) is 0 Å². The number of hydrogen-bond donors (Lipinski definition) is 1. The molecule has 1 amide bonds. The number of aromatic nitrogens is 4. The molecule has 0 bridgehead atoms. The van der Waals surface area contributed by atoms with Gasteiger partial charge in [-0.2, -0.15) is 5.10 Å². The molecule has 2 aromatic carbocycles. The molecule has 162 valence electrons. The van der Waals surface area contributed by atoms with Crippen molar-refractivity contribution in [3.63, 3.8) is 0 Å². The van der Waals surface area contributed by atoms with Crippen molar-refractivity contribution in [2.75, 3.05) is 19.6 Å². The number of nitrogens with one attached hydrogen (secondary N) is 1. The summed E-state index contributed by atoms with van der Waals surface area (Å²) in [6.45, 7) is 1.99. The first-order valence-electron chi connectivity index (χ1n) is 9.73. The average Bonchev–Trinajstić information content (AvgIpc) is 3.24. The van der Waals surface area contributed by atoms with Gasteiger partial charge in [0, 0.05) is 6.08 Å². The van der Waals surface area contributed by atoms with Crippen LogP contribution in [0.15, 0.2) is 65.9 Å². The minimum atomic E-state index is -0.492. The van der Waals surface area contributed by atoms with E-state index in [1.165, 1.54) is 25.7 Å². The van der Waals surface area contributed by atoms with Crippen molar-refractivity contribution in [2.45, 2.75) is 6.92 Å². The molecule has 0 saturated carbocycles. The smallest absolute Gasteiger partial charge is 0.283 e. The molecule has 9 heteroatoms. The lowest BCUT2D eigenvalue weighted by molar-refractivity contribution is -0.112. The Kier molecular flexibility index (Phi) is 5.71. The number of carbonyl (C=O) groups excluding carboxylic acids is 1. The summed E-state index contributed by atoms with van der Waals surface area (Å²) in [4.78, 5) is 29.4. The number of ether oxygens (including phenoxy) is 2. The first kappa shape index (κ1) is 20.9. The van der Waals surface area contributed by atoms with E-state index in [9.17, 15) is 9.59 Å². The number of aryl methyl sites for hydroxylation is 1. The standard InChI is InChI=1S/C23H21N5O4/c1-15-4-8-17(9-5-15)28-22-18(13-25-28)23(30)27(14-24-22)26-21(29)11-7-16-6-10-19(31-2)20(12-16)32-3/h4-14H,1-3H3,(H,26,29)/b11-7+. The lowest BCUT2D eigenvalue weighted by Crippen LogP contribution is -2.32. The van der Waals surface area contributed by atoms with Gasteiger partial charge in [-0.15, -0.1) is 0 Å². The molecule has 0 fully saturated rings. The van der Waals surface area contributed by atoms with E-state index in [1.807, 2.05) is 31.2 Å². The van der Waals surface area contributed by atoms with Crippen LogP contribution in [0.2, 0.25) is 0 Å². The number of carbonyl (C=O) groups is 1. The molecule has 0 spiro atoms. The minimum absolute atomic E-state index is 0.289. The number of methoxy groups -OCH3 is 2. The van der Waals surface area contributed by atoms with Crippen LogP contribution >= 0.6 is 0 Å². The van der Waals surface area contributed by atoms with Gasteiger partial charge in [0.25, 0.3) is 11.5 Å². The fraction of sp³-hybridized carbons (Fsp3) is 0.130. The van der Waals surface area contributed by atoms with Gasteiger partial charge in [0.1, 0.15) is 11.7 Å². The Balaban J connectivity index is 1.55. The largest absolute Gasteiger partial charge is 0.493 e. The maximum atomic E-state index is 12.8.